The summed E-state index contributed by atoms with van der Waals surface area (Å²) in [6.45, 7) is 1.88. The lowest BCUT2D eigenvalue weighted by atomic mass is 9.99. The number of phenols is 1. The van der Waals surface area contributed by atoms with Crippen molar-refractivity contribution < 1.29 is 14.8 Å². The summed E-state index contributed by atoms with van der Waals surface area (Å²) < 4.78 is 1.58. The highest BCUT2D eigenvalue weighted by Gasteiger charge is 2.29. The third kappa shape index (κ3) is 2.71. The average molecular weight is 454 g/mol. The highest BCUT2D eigenvalue weighted by atomic mass is 79.9. The van der Waals surface area contributed by atoms with Crippen LogP contribution in [0.1, 0.15) is 16.7 Å². The smallest absolute Gasteiger partial charge is 0.311 e. The highest BCUT2D eigenvalue weighted by Crippen LogP contribution is 2.43. The summed E-state index contributed by atoms with van der Waals surface area (Å²) in [6.07, 6.45) is 1.57. The van der Waals surface area contributed by atoms with Crippen LogP contribution in [0, 0.1) is 17.0 Å². The van der Waals surface area contributed by atoms with Crippen LogP contribution in [0.5, 0.6) is 5.75 Å². The van der Waals surface area contributed by atoms with Crippen molar-refractivity contribution in [2.45, 2.75) is 6.92 Å². The lowest BCUT2D eigenvalue weighted by molar-refractivity contribution is -0.385. The molecule has 24 heavy (non-hydrogen) atoms. The van der Waals surface area contributed by atoms with E-state index in [-0.39, 0.29) is 5.91 Å². The van der Waals surface area contributed by atoms with E-state index < -0.39 is 16.4 Å². The number of nitro groups is 1. The van der Waals surface area contributed by atoms with Gasteiger partial charge in [-0.15, -0.1) is 0 Å². The van der Waals surface area contributed by atoms with Crippen LogP contribution in [0.25, 0.3) is 11.6 Å². The summed E-state index contributed by atoms with van der Waals surface area (Å²) in [5.74, 6) is -0.706. The highest BCUT2D eigenvalue weighted by molar-refractivity contribution is 9.11. The summed E-state index contributed by atoms with van der Waals surface area (Å²) in [7, 11) is 0. The zero-order valence-electron chi connectivity index (χ0n) is 12.3. The lowest BCUT2D eigenvalue weighted by Crippen LogP contribution is -2.03. The van der Waals surface area contributed by atoms with E-state index in [1.807, 2.05) is 13.0 Å². The Balaban J connectivity index is 2.19. The number of halogens is 2. The monoisotopic (exact) mass is 452 g/mol. The van der Waals surface area contributed by atoms with Crippen LogP contribution < -0.4 is 5.32 Å². The van der Waals surface area contributed by atoms with Crippen LogP contribution in [0.2, 0.25) is 0 Å². The molecule has 0 atom stereocenters. The zero-order valence-corrected chi connectivity index (χ0v) is 15.4. The van der Waals surface area contributed by atoms with Gasteiger partial charge in [-0.05, 0) is 52.2 Å². The van der Waals surface area contributed by atoms with Gasteiger partial charge in [-0.2, -0.15) is 0 Å². The first-order chi connectivity index (χ1) is 11.3. The van der Waals surface area contributed by atoms with Crippen molar-refractivity contribution >= 4 is 60.8 Å². The number of nitro benzene ring substituents is 1. The van der Waals surface area contributed by atoms with Crippen LogP contribution >= 0.6 is 31.9 Å². The number of nitrogens with zero attached hydrogens (tertiary/aromatic N) is 1. The number of anilines is 1. The molecule has 3 rings (SSSR count). The van der Waals surface area contributed by atoms with Gasteiger partial charge in [-0.3, -0.25) is 14.9 Å². The molecular formula is C16H10Br2N2O4. The minimum atomic E-state index is -0.668. The van der Waals surface area contributed by atoms with E-state index in [0.717, 1.165) is 20.1 Å². The van der Waals surface area contributed by atoms with Crippen LogP contribution in [0.15, 0.2) is 33.2 Å². The topological polar surface area (TPSA) is 92.5 Å². The van der Waals surface area contributed by atoms with Crippen LogP contribution in [0.3, 0.4) is 0 Å². The molecule has 2 aromatic rings. The normalized spacial score (nSPS) is 14.6. The first kappa shape index (κ1) is 16.7. The first-order valence-electron chi connectivity index (χ1n) is 6.79. The van der Waals surface area contributed by atoms with Gasteiger partial charge in [0, 0.05) is 26.1 Å². The van der Waals surface area contributed by atoms with E-state index in [0.29, 0.717) is 16.8 Å². The molecule has 1 aliphatic heterocycles. The third-order valence-electron chi connectivity index (χ3n) is 3.74. The second-order valence-electron chi connectivity index (χ2n) is 5.23. The number of amides is 1. The van der Waals surface area contributed by atoms with Crippen molar-refractivity contribution in [3.8, 4) is 5.75 Å². The van der Waals surface area contributed by atoms with E-state index >= 15 is 0 Å². The maximum atomic E-state index is 12.3. The number of rotatable bonds is 2. The predicted molar refractivity (Wildman–Crippen MR) is 97.8 cm³/mol. The first-order valence-corrected chi connectivity index (χ1v) is 8.37. The third-order valence-corrected chi connectivity index (χ3v) is 5.18. The number of fused-ring (bicyclic) bond motifs is 1. The van der Waals surface area contributed by atoms with E-state index in [1.54, 1.807) is 6.08 Å². The second-order valence-corrected chi connectivity index (χ2v) is 6.94. The number of hydrogen-bond donors (Lipinski definition) is 2. The molecule has 2 aromatic carbocycles. The van der Waals surface area contributed by atoms with Crippen LogP contribution in [0.4, 0.5) is 11.4 Å². The molecule has 1 heterocycles. The Morgan fingerprint density at radius 2 is 1.96 bits per heavy atom. The molecule has 1 aliphatic rings. The number of benzene rings is 2. The van der Waals surface area contributed by atoms with Gasteiger partial charge in [0.05, 0.1) is 10.6 Å². The molecular weight excluding hydrogens is 444 g/mol. The fraction of sp³-hybridized carbons (Fsp3) is 0.0625. The number of carbonyl (C=O) groups is 1. The van der Waals surface area contributed by atoms with Gasteiger partial charge in [0.15, 0.2) is 5.75 Å². The molecule has 6 nitrogen and oxygen atoms in total. The van der Waals surface area contributed by atoms with Crippen molar-refractivity contribution in [2.24, 2.45) is 0 Å². The van der Waals surface area contributed by atoms with Gasteiger partial charge < -0.3 is 10.4 Å². The molecule has 0 radical (unpaired) electrons. The van der Waals surface area contributed by atoms with Crippen molar-refractivity contribution in [1.29, 1.82) is 0 Å². The van der Waals surface area contributed by atoms with Crippen molar-refractivity contribution in [2.75, 3.05) is 5.32 Å². The van der Waals surface area contributed by atoms with E-state index in [1.165, 1.54) is 18.2 Å². The van der Waals surface area contributed by atoms with Gasteiger partial charge in [0.1, 0.15) is 0 Å². The predicted octanol–water partition coefficient (Wildman–Crippen LogP) is 4.63. The maximum absolute atomic E-state index is 12.3. The molecule has 0 saturated heterocycles. The number of hydrogen-bond acceptors (Lipinski definition) is 4. The van der Waals surface area contributed by atoms with E-state index in [4.69, 9.17) is 0 Å². The Hall–Kier alpha value is -2.19. The zero-order chi connectivity index (χ0) is 17.6. The largest absolute Gasteiger partial charge is 0.502 e. The van der Waals surface area contributed by atoms with Gasteiger partial charge in [0.2, 0.25) is 0 Å². The number of nitrogens with one attached hydrogen (secondary N) is 1. The quantitative estimate of drug-likeness (QED) is 0.394. The van der Waals surface area contributed by atoms with E-state index in [9.17, 15) is 20.0 Å². The molecule has 1 amide bonds. The second kappa shape index (κ2) is 6.03. The minimum Gasteiger partial charge on any atom is -0.502 e. The molecule has 0 spiro atoms. The molecule has 0 bridgehead atoms. The van der Waals surface area contributed by atoms with Crippen molar-refractivity contribution in [3.63, 3.8) is 0 Å². The fourth-order valence-electron chi connectivity index (χ4n) is 2.55. The Morgan fingerprint density at radius 3 is 2.62 bits per heavy atom. The maximum Gasteiger partial charge on any atom is 0.311 e. The van der Waals surface area contributed by atoms with Crippen molar-refractivity contribution in [3.05, 3.63) is 60.0 Å². The average Bonchev–Trinajstić information content (AvgIpc) is 2.84. The van der Waals surface area contributed by atoms with Crippen LogP contribution in [-0.4, -0.2) is 15.9 Å². The Labute approximate surface area is 153 Å². The molecule has 8 heteroatoms. The molecule has 0 unspecified atom stereocenters. The Morgan fingerprint density at radius 1 is 1.25 bits per heavy atom. The number of phenolic OH excluding ortho intramolecular Hbond substituents is 1. The molecule has 0 saturated carbocycles. The van der Waals surface area contributed by atoms with Crippen LogP contribution in [-0.2, 0) is 4.79 Å². The summed E-state index contributed by atoms with van der Waals surface area (Å²) in [4.78, 5) is 22.6. The standard InChI is InChI=1S/C16H10Br2N2O4/c1-7-10(17)6-11(18)15-14(7)9(16(22)19-15)4-8-2-3-13(21)12(5-8)20(23)24/h2-6,21H,1H3,(H,19,22). The van der Waals surface area contributed by atoms with Gasteiger partial charge in [-0.1, -0.05) is 22.0 Å². The summed E-state index contributed by atoms with van der Waals surface area (Å²) in [6, 6.07) is 5.84. The minimum absolute atomic E-state index is 0.289. The number of aromatic hydroxyl groups is 1. The summed E-state index contributed by atoms with van der Waals surface area (Å²) >= 11 is 6.87. The summed E-state index contributed by atoms with van der Waals surface area (Å²) in [5, 5.41) is 23.3. The summed E-state index contributed by atoms with van der Waals surface area (Å²) in [5.41, 5.74) is 2.73. The van der Waals surface area contributed by atoms with Gasteiger partial charge in [0.25, 0.3) is 5.91 Å². The lowest BCUT2D eigenvalue weighted by Gasteiger charge is -2.08. The van der Waals surface area contributed by atoms with Gasteiger partial charge >= 0.3 is 5.69 Å². The Kier molecular flexibility index (Phi) is 4.18. The Bertz CT molecular complexity index is 938. The number of carbonyl (C=O) groups excluding carboxylic acids is 1. The van der Waals surface area contributed by atoms with Crippen molar-refractivity contribution in [1.82, 2.24) is 0 Å². The van der Waals surface area contributed by atoms with E-state index in [2.05, 4.69) is 37.2 Å². The SMILES string of the molecule is Cc1c(Br)cc(Br)c2c1C(=Cc1ccc(O)c([N+](=O)[O-])c1)C(=O)N2. The molecule has 0 aliphatic carbocycles. The van der Waals surface area contributed by atoms with Gasteiger partial charge in [-0.25, -0.2) is 0 Å². The fourth-order valence-corrected chi connectivity index (χ4v) is 3.81. The molecule has 122 valence electrons. The molecule has 0 aromatic heterocycles. The molecule has 0 fully saturated rings. The molecule has 2 N–H and O–H groups in total.